The Morgan fingerprint density at radius 3 is 2.40 bits per heavy atom. The summed E-state index contributed by atoms with van der Waals surface area (Å²) in [7, 11) is 2.92. The summed E-state index contributed by atoms with van der Waals surface area (Å²) in [6, 6.07) is 5.03. The summed E-state index contributed by atoms with van der Waals surface area (Å²) in [5.41, 5.74) is 0.716. The highest BCUT2D eigenvalue weighted by atomic mass is 16.6. The van der Waals surface area contributed by atoms with Gasteiger partial charge in [-0.1, -0.05) is 0 Å². The second-order valence-corrected chi connectivity index (χ2v) is 6.67. The van der Waals surface area contributed by atoms with Crippen LogP contribution in [-0.4, -0.2) is 31.3 Å². The number of phenolic OH excluding ortho intramolecular Hbond substituents is 1. The third-order valence-electron chi connectivity index (χ3n) is 4.76. The van der Waals surface area contributed by atoms with Crippen LogP contribution in [0.1, 0.15) is 36.6 Å². The van der Waals surface area contributed by atoms with Gasteiger partial charge in [0.1, 0.15) is 11.5 Å². The van der Waals surface area contributed by atoms with E-state index in [-0.39, 0.29) is 5.75 Å². The zero-order chi connectivity index (χ0) is 18.5. The lowest BCUT2D eigenvalue weighted by atomic mass is 9.79. The smallest absolute Gasteiger partial charge is 0.347 e. The lowest BCUT2D eigenvalue weighted by Gasteiger charge is -2.24. The highest BCUT2D eigenvalue weighted by Gasteiger charge is 2.44. The molecule has 0 aliphatic carbocycles. The monoisotopic (exact) mass is 344 g/mol. The van der Waals surface area contributed by atoms with E-state index in [1.54, 1.807) is 33.1 Å². The summed E-state index contributed by atoms with van der Waals surface area (Å²) in [6.07, 6.45) is -1.07. The molecule has 1 aliphatic rings. The van der Waals surface area contributed by atoms with Crippen molar-refractivity contribution in [2.45, 2.75) is 32.3 Å². The molecule has 3 rings (SSSR count). The second kappa shape index (κ2) is 5.74. The van der Waals surface area contributed by atoms with E-state index in [9.17, 15) is 14.7 Å². The average Bonchev–Trinajstić information content (AvgIpc) is 2.62. The Morgan fingerprint density at radius 1 is 1.12 bits per heavy atom. The van der Waals surface area contributed by atoms with E-state index in [4.69, 9.17) is 14.2 Å². The summed E-state index contributed by atoms with van der Waals surface area (Å²) in [5, 5.41) is 11.7. The predicted octanol–water partition coefficient (Wildman–Crippen LogP) is 2.91. The number of hydrogen-bond donors (Lipinski definition) is 1. The van der Waals surface area contributed by atoms with Gasteiger partial charge in [-0.25, -0.2) is 4.79 Å². The first-order chi connectivity index (χ1) is 11.7. The van der Waals surface area contributed by atoms with E-state index < -0.39 is 23.5 Å². The molecule has 25 heavy (non-hydrogen) atoms. The van der Waals surface area contributed by atoms with E-state index in [1.165, 1.54) is 13.2 Å². The number of fused-ring (bicyclic) bond motifs is 3. The predicted molar refractivity (Wildman–Crippen MR) is 90.8 cm³/mol. The van der Waals surface area contributed by atoms with Gasteiger partial charge in [0, 0.05) is 18.1 Å². The van der Waals surface area contributed by atoms with Crippen molar-refractivity contribution in [1.82, 2.24) is 0 Å². The molecule has 0 bridgehead atoms. The molecule has 0 saturated heterocycles. The van der Waals surface area contributed by atoms with Crippen LogP contribution in [0.25, 0.3) is 10.8 Å². The molecule has 1 atom stereocenters. The van der Waals surface area contributed by atoms with Crippen molar-refractivity contribution in [2.75, 3.05) is 14.2 Å². The quantitative estimate of drug-likeness (QED) is 0.666. The molecule has 0 radical (unpaired) electrons. The number of methoxy groups -OCH3 is 2. The van der Waals surface area contributed by atoms with Crippen LogP contribution in [0.3, 0.4) is 0 Å². The molecule has 132 valence electrons. The van der Waals surface area contributed by atoms with Crippen LogP contribution in [0, 0.1) is 6.92 Å². The molecule has 1 heterocycles. The minimum Gasteiger partial charge on any atom is -0.507 e. The van der Waals surface area contributed by atoms with Crippen molar-refractivity contribution in [3.63, 3.8) is 0 Å². The SMILES string of the molecule is COc1cc2c3c(cc(O)c2cc1C)C(C)(C)C(=O)OC(=O)C3OC. The fourth-order valence-corrected chi connectivity index (χ4v) is 3.29. The molecule has 1 N–H and O–H groups in total. The van der Waals surface area contributed by atoms with Gasteiger partial charge < -0.3 is 19.3 Å². The van der Waals surface area contributed by atoms with Crippen molar-refractivity contribution >= 4 is 22.7 Å². The number of hydrogen-bond acceptors (Lipinski definition) is 6. The molecule has 1 unspecified atom stereocenters. The molecule has 2 aromatic rings. The van der Waals surface area contributed by atoms with Gasteiger partial charge >= 0.3 is 11.9 Å². The van der Waals surface area contributed by atoms with E-state index in [1.807, 2.05) is 6.92 Å². The third kappa shape index (κ3) is 2.44. The van der Waals surface area contributed by atoms with E-state index in [2.05, 4.69) is 0 Å². The largest absolute Gasteiger partial charge is 0.507 e. The number of ether oxygens (including phenoxy) is 3. The number of benzene rings is 2. The summed E-state index contributed by atoms with van der Waals surface area (Å²) in [5.74, 6) is -0.830. The lowest BCUT2D eigenvalue weighted by Crippen LogP contribution is -2.31. The van der Waals surface area contributed by atoms with Crippen molar-refractivity contribution < 1.29 is 28.9 Å². The molecule has 0 fully saturated rings. The maximum absolute atomic E-state index is 12.4. The average molecular weight is 344 g/mol. The zero-order valence-corrected chi connectivity index (χ0v) is 14.8. The molecule has 0 aromatic heterocycles. The highest BCUT2D eigenvalue weighted by Crippen LogP contribution is 2.45. The minimum atomic E-state index is -1.12. The molecule has 6 heteroatoms. The van der Waals surface area contributed by atoms with Crippen molar-refractivity contribution in [2.24, 2.45) is 0 Å². The maximum atomic E-state index is 12.4. The first-order valence-electron chi connectivity index (χ1n) is 7.86. The minimum absolute atomic E-state index is 0.0181. The number of phenols is 1. The molecule has 6 nitrogen and oxygen atoms in total. The molecule has 0 saturated carbocycles. The van der Waals surface area contributed by atoms with Gasteiger partial charge in [0.2, 0.25) is 0 Å². The Hall–Kier alpha value is -2.60. The van der Waals surface area contributed by atoms with Crippen molar-refractivity contribution in [3.05, 3.63) is 34.9 Å². The number of esters is 2. The first-order valence-corrected chi connectivity index (χ1v) is 7.86. The normalized spacial score (nSPS) is 19.3. The fourth-order valence-electron chi connectivity index (χ4n) is 3.29. The van der Waals surface area contributed by atoms with Gasteiger partial charge in [-0.3, -0.25) is 4.79 Å². The Bertz CT molecular complexity index is 897. The summed E-state index contributed by atoms with van der Waals surface area (Å²) >= 11 is 0. The lowest BCUT2D eigenvalue weighted by molar-refractivity contribution is -0.169. The molecule has 1 aliphatic heterocycles. The van der Waals surface area contributed by atoms with Crippen LogP contribution in [0.15, 0.2) is 18.2 Å². The van der Waals surface area contributed by atoms with Gasteiger partial charge in [0.05, 0.1) is 12.5 Å². The second-order valence-electron chi connectivity index (χ2n) is 6.67. The summed E-state index contributed by atoms with van der Waals surface area (Å²) < 4.78 is 15.7. The number of carbonyl (C=O) groups is 2. The molecule has 2 aromatic carbocycles. The number of aryl methyl sites for hydroxylation is 1. The van der Waals surface area contributed by atoms with Crippen LogP contribution in [0.4, 0.5) is 0 Å². The van der Waals surface area contributed by atoms with Crippen LogP contribution in [-0.2, 0) is 24.5 Å². The fraction of sp³-hybridized carbons (Fsp3) is 0.368. The Labute approximate surface area is 145 Å². The summed E-state index contributed by atoms with van der Waals surface area (Å²) in [6.45, 7) is 5.16. The molecule has 0 spiro atoms. The topological polar surface area (TPSA) is 82.1 Å². The van der Waals surface area contributed by atoms with Crippen LogP contribution < -0.4 is 4.74 Å². The number of aromatic hydroxyl groups is 1. The Kier molecular flexibility index (Phi) is 3.95. The van der Waals surface area contributed by atoms with Gasteiger partial charge in [-0.2, -0.15) is 0 Å². The Morgan fingerprint density at radius 2 is 1.80 bits per heavy atom. The van der Waals surface area contributed by atoms with Gasteiger partial charge in [-0.05, 0) is 55.5 Å². The van der Waals surface area contributed by atoms with Crippen LogP contribution in [0.5, 0.6) is 11.5 Å². The number of cyclic esters (lactones) is 2. The molecular weight excluding hydrogens is 324 g/mol. The van der Waals surface area contributed by atoms with Gasteiger partial charge in [-0.15, -0.1) is 0 Å². The van der Waals surface area contributed by atoms with Crippen molar-refractivity contribution in [1.29, 1.82) is 0 Å². The standard InChI is InChI=1S/C19H20O6/c1-9-6-10-11(7-14(9)23-4)15-12(8-13(10)20)19(2,3)18(22)25-17(21)16(15)24-5/h6-8,16,20H,1-5H3. The molecular formula is C19H20O6. The Balaban J connectivity index is 2.51. The number of carbonyl (C=O) groups excluding carboxylic acids is 2. The van der Waals surface area contributed by atoms with Crippen LogP contribution in [0.2, 0.25) is 0 Å². The van der Waals surface area contributed by atoms with Crippen LogP contribution >= 0.6 is 0 Å². The van der Waals surface area contributed by atoms with Crippen molar-refractivity contribution in [3.8, 4) is 11.5 Å². The number of rotatable bonds is 2. The third-order valence-corrected chi connectivity index (χ3v) is 4.76. The zero-order valence-electron chi connectivity index (χ0n) is 14.8. The molecule has 0 amide bonds. The highest BCUT2D eigenvalue weighted by molar-refractivity contribution is 6.03. The van der Waals surface area contributed by atoms with Gasteiger partial charge in [0.25, 0.3) is 0 Å². The van der Waals surface area contributed by atoms with E-state index in [0.717, 1.165) is 5.56 Å². The van der Waals surface area contributed by atoms with E-state index in [0.29, 0.717) is 27.6 Å². The van der Waals surface area contributed by atoms with Gasteiger partial charge in [0.15, 0.2) is 6.10 Å². The maximum Gasteiger partial charge on any atom is 0.347 e. The van der Waals surface area contributed by atoms with E-state index >= 15 is 0 Å². The summed E-state index contributed by atoms with van der Waals surface area (Å²) in [4.78, 5) is 24.8. The first kappa shape index (κ1) is 17.2.